The van der Waals surface area contributed by atoms with E-state index in [2.05, 4.69) is 32.8 Å². The molecule has 24 nitrogen and oxygen atoms in total. The van der Waals surface area contributed by atoms with Crippen LogP contribution in [0.5, 0.6) is 0 Å². The second kappa shape index (κ2) is 13.5. The first-order valence-corrected chi connectivity index (χ1v) is 17.8. The van der Waals surface area contributed by atoms with E-state index in [-0.39, 0.29) is 29.0 Å². The number of nitrogens with two attached hydrogens (primary N) is 2. The summed E-state index contributed by atoms with van der Waals surface area (Å²) in [5.41, 5.74) is 11.2. The Balaban J connectivity index is 1.21. The molecule has 5 rings (SSSR count). The van der Waals surface area contributed by atoms with E-state index in [0.29, 0.717) is 0 Å². The number of nitrogen functional groups attached to an aromatic ring is 1. The van der Waals surface area contributed by atoms with Crippen molar-refractivity contribution in [3.63, 3.8) is 0 Å². The smallest absolute Gasteiger partial charge is 0.481 e. The highest BCUT2D eigenvalue weighted by molar-refractivity contribution is 7.61. The van der Waals surface area contributed by atoms with Gasteiger partial charge in [0.25, 0.3) is 0 Å². The van der Waals surface area contributed by atoms with Crippen LogP contribution in [-0.2, 0) is 45.8 Å². The molecule has 1 saturated heterocycles. The zero-order valence-electron chi connectivity index (χ0n) is 23.9. The molecule has 0 saturated carbocycles. The van der Waals surface area contributed by atoms with E-state index in [1.165, 1.54) is 23.4 Å². The first-order chi connectivity index (χ1) is 22.4. The summed E-state index contributed by atoms with van der Waals surface area (Å²) < 4.78 is 66.9. The number of primary amides is 1. The van der Waals surface area contributed by atoms with Gasteiger partial charge in [0.15, 0.2) is 35.3 Å². The van der Waals surface area contributed by atoms with Gasteiger partial charge in [-0.05, 0) is 6.42 Å². The van der Waals surface area contributed by atoms with Crippen molar-refractivity contribution in [1.82, 2.24) is 24.4 Å². The molecule has 5 heterocycles. The molecular weight excluding hydrogens is 715 g/mol. The number of rotatable bonds is 13. The molecule has 1 fully saturated rings. The maximum absolute atomic E-state index is 12.6. The van der Waals surface area contributed by atoms with Gasteiger partial charge in [0, 0.05) is 18.0 Å². The van der Waals surface area contributed by atoms with Crippen LogP contribution in [0.15, 0.2) is 48.2 Å². The Hall–Kier alpha value is -3.31. The lowest BCUT2D eigenvalue weighted by Crippen LogP contribution is -2.38. The molecule has 2 aromatic rings. The lowest BCUT2D eigenvalue weighted by atomic mass is 10.1. The Morgan fingerprint density at radius 3 is 2.46 bits per heavy atom. The van der Waals surface area contributed by atoms with Crippen LogP contribution in [0.4, 0.5) is 5.82 Å². The van der Waals surface area contributed by atoms with E-state index in [4.69, 9.17) is 20.9 Å². The molecule has 3 aliphatic rings. The number of hydrogen-bond acceptors (Lipinski definition) is 18. The summed E-state index contributed by atoms with van der Waals surface area (Å²) in [7, 11) is -16.3. The number of carbonyl (C=O) groups excluding carboxylic acids is 1. The number of nitrogens with zero attached hydrogens (tertiary/aromatic N) is 5. The number of phosphoric ester groups is 3. The van der Waals surface area contributed by atoms with E-state index < -0.39 is 91.0 Å². The Kier molecular flexibility index (Phi) is 10.1. The van der Waals surface area contributed by atoms with Gasteiger partial charge >= 0.3 is 23.5 Å². The molecular formula is C21H28N7O17P3. The normalized spacial score (nSPS) is 28.7. The highest BCUT2D eigenvalue weighted by Crippen LogP contribution is 2.61. The fourth-order valence-corrected chi connectivity index (χ4v) is 7.28. The van der Waals surface area contributed by atoms with Gasteiger partial charge < -0.3 is 60.7 Å². The Bertz CT molecular complexity index is 1810. The number of phosphoric acid groups is 3. The number of hydrogen-bond donors (Lipinski definition) is 9. The first-order valence-electron chi connectivity index (χ1n) is 13.2. The zero-order valence-corrected chi connectivity index (χ0v) is 26.6. The number of fused-ring (bicyclic) bond motifs is 1. The van der Waals surface area contributed by atoms with Gasteiger partial charge in [-0.15, -0.1) is 0 Å². The van der Waals surface area contributed by atoms with Gasteiger partial charge in [-0.2, -0.15) is 4.31 Å². The van der Waals surface area contributed by atoms with Crippen LogP contribution in [0, 0.1) is 0 Å². The molecule has 2 unspecified atom stereocenters. The van der Waals surface area contributed by atoms with E-state index in [0.717, 1.165) is 17.2 Å². The van der Waals surface area contributed by atoms with E-state index >= 15 is 0 Å². The van der Waals surface area contributed by atoms with Crippen molar-refractivity contribution in [3.8, 4) is 0 Å². The molecule has 8 atom stereocenters. The second-order valence-corrected chi connectivity index (χ2v) is 14.3. The molecule has 0 aromatic carbocycles. The maximum atomic E-state index is 12.6. The lowest BCUT2D eigenvalue weighted by molar-refractivity contribution is -0.114. The van der Waals surface area contributed by atoms with E-state index in [9.17, 15) is 53.4 Å². The fourth-order valence-electron chi connectivity index (χ4n) is 4.70. The third-order valence-corrected chi connectivity index (χ3v) is 9.93. The molecule has 2 aromatic heterocycles. The summed E-state index contributed by atoms with van der Waals surface area (Å²) in [5.74, 6) is -2.21. The number of anilines is 1. The Morgan fingerprint density at radius 2 is 1.77 bits per heavy atom. The number of imidazole rings is 1. The summed E-state index contributed by atoms with van der Waals surface area (Å²) in [6.45, 7) is -2.15. The van der Waals surface area contributed by atoms with Gasteiger partial charge in [0.2, 0.25) is 12.1 Å². The predicted octanol–water partition coefficient (Wildman–Crippen LogP) is -1.53. The Morgan fingerprint density at radius 1 is 1.06 bits per heavy atom. The van der Waals surface area contributed by atoms with Crippen molar-refractivity contribution in [2.24, 2.45) is 5.73 Å². The van der Waals surface area contributed by atoms with Crippen molar-refractivity contribution in [1.29, 1.82) is 0 Å². The minimum absolute atomic E-state index is 0.000568. The standard InChI is InChI=1S/C21H28N7O17P3/c22-17-12-19(25-7-24-17)28(8-26-12)21-16(44-46(33,34)35)14(30)11(43-21)6-41-48(38,39)45-47(36,37)40-5-10-13(29)15(31)20(42-10)27-3-1-2-9(4-27)18(23)32/h1,3-4,7-8,11,14-16,20-21,29-31H,2,5-6H2,(H2,23,32)(H,36,37)(H,38,39)(H2,22,24,25)(H2,33,34,35)/t11-,14-,15-,16-,20-,21-/m1/s1. The number of allylic oxidation sites excluding steroid dienone is 1. The molecule has 264 valence electrons. The number of aliphatic hydroxyl groups is 3. The van der Waals surface area contributed by atoms with Crippen molar-refractivity contribution in [2.75, 3.05) is 18.9 Å². The fraction of sp³-hybridized carbons (Fsp3) is 0.429. The van der Waals surface area contributed by atoms with Crippen molar-refractivity contribution in [3.05, 3.63) is 48.2 Å². The van der Waals surface area contributed by atoms with E-state index in [1.54, 1.807) is 0 Å². The van der Waals surface area contributed by atoms with Gasteiger partial charge in [0.1, 0.15) is 36.8 Å². The molecule has 3 aliphatic heterocycles. The first kappa shape index (κ1) is 36.0. The maximum Gasteiger partial charge on any atom is 0.481 e. The Labute approximate surface area is 267 Å². The topological polar surface area (TPSA) is 364 Å². The van der Waals surface area contributed by atoms with Crippen LogP contribution < -0.4 is 11.5 Å². The van der Waals surface area contributed by atoms with Crippen LogP contribution in [0.3, 0.4) is 0 Å². The van der Waals surface area contributed by atoms with Gasteiger partial charge in [-0.1, -0.05) is 6.08 Å². The third-order valence-electron chi connectivity index (χ3n) is 6.83. The highest BCUT2D eigenvalue weighted by atomic mass is 31.3. The molecule has 48 heavy (non-hydrogen) atoms. The molecule has 27 heteroatoms. The molecule has 0 spiro atoms. The SMILES string of the molecule is NC(=O)C1=CN([C@@H]2OC(COP(=O)(O)OP(=O)(O)OC[C@H]3O[C@@H](n4cnc5c(N)ncnc54)[C@H](OP(=O)(O)O)[C@@H]3O)=C(O)[C@H]2O)C=CC1. The molecule has 0 aliphatic carbocycles. The summed E-state index contributed by atoms with van der Waals surface area (Å²) in [6.07, 6.45) is -3.61. The van der Waals surface area contributed by atoms with Crippen LogP contribution in [0.2, 0.25) is 0 Å². The van der Waals surface area contributed by atoms with E-state index in [1.807, 2.05) is 0 Å². The largest absolute Gasteiger partial charge is 0.506 e. The number of aromatic nitrogens is 4. The minimum atomic E-state index is -5.54. The molecule has 1 amide bonds. The van der Waals surface area contributed by atoms with Crippen molar-refractivity contribution in [2.45, 2.75) is 43.3 Å². The van der Waals surface area contributed by atoms with Crippen molar-refractivity contribution >= 4 is 46.4 Å². The third kappa shape index (κ3) is 7.94. The summed E-state index contributed by atoms with van der Waals surface area (Å²) in [6, 6.07) is 0. The van der Waals surface area contributed by atoms with Gasteiger partial charge in [-0.25, -0.2) is 28.6 Å². The average Bonchev–Trinajstić information content (AvgIpc) is 3.64. The molecule has 11 N–H and O–H groups in total. The van der Waals surface area contributed by atoms with Crippen LogP contribution in [-0.4, -0.2) is 109 Å². The second-order valence-electron chi connectivity index (χ2n) is 10.1. The number of amides is 1. The number of ether oxygens (including phenoxy) is 2. The molecule has 0 bridgehead atoms. The summed E-state index contributed by atoms with van der Waals surface area (Å²) in [5, 5.41) is 31.4. The van der Waals surface area contributed by atoms with Crippen LogP contribution >= 0.6 is 23.5 Å². The predicted molar refractivity (Wildman–Crippen MR) is 153 cm³/mol. The highest BCUT2D eigenvalue weighted by Gasteiger charge is 2.50. The average molecular weight is 743 g/mol. The van der Waals surface area contributed by atoms with Crippen LogP contribution in [0.1, 0.15) is 12.6 Å². The quantitative estimate of drug-likeness (QED) is 0.105. The number of aliphatic hydroxyl groups excluding tert-OH is 3. The van der Waals surface area contributed by atoms with Crippen molar-refractivity contribution < 1.29 is 80.7 Å². The summed E-state index contributed by atoms with van der Waals surface area (Å²) >= 11 is 0. The zero-order chi connectivity index (χ0) is 35.2. The van der Waals surface area contributed by atoms with Gasteiger partial charge in [0.05, 0.1) is 12.9 Å². The van der Waals surface area contributed by atoms with Crippen LogP contribution in [0.25, 0.3) is 11.2 Å². The molecule has 0 radical (unpaired) electrons. The van der Waals surface area contributed by atoms with Gasteiger partial charge in [-0.3, -0.25) is 22.9 Å². The summed E-state index contributed by atoms with van der Waals surface area (Å²) in [4.78, 5) is 63.3. The lowest BCUT2D eigenvalue weighted by Gasteiger charge is -2.28. The monoisotopic (exact) mass is 743 g/mol. The minimum Gasteiger partial charge on any atom is -0.506 e. The number of carbonyl (C=O) groups is 1.